The Hall–Kier alpha value is -2.86. The van der Waals surface area contributed by atoms with Crippen LogP contribution in [0, 0.1) is 6.92 Å². The number of methoxy groups -OCH3 is 1. The summed E-state index contributed by atoms with van der Waals surface area (Å²) in [7, 11) is 1.26. The zero-order chi connectivity index (χ0) is 19.1. The average molecular weight is 375 g/mol. The van der Waals surface area contributed by atoms with E-state index in [9.17, 15) is 14.4 Å². The number of anilines is 1. The number of rotatable bonds is 6. The van der Waals surface area contributed by atoms with Gasteiger partial charge in [0.05, 0.1) is 36.3 Å². The van der Waals surface area contributed by atoms with Gasteiger partial charge < -0.3 is 15.4 Å². The molecule has 2 amide bonds. The summed E-state index contributed by atoms with van der Waals surface area (Å²) < 4.78 is 4.63. The SMILES string of the molecule is COC(=O)c1ccc(Cl)c(NC(=O)CNC(=O)Cc2ccc(C)cc2)c1. The largest absolute Gasteiger partial charge is 0.465 e. The van der Waals surface area contributed by atoms with Gasteiger partial charge in [0.1, 0.15) is 0 Å². The van der Waals surface area contributed by atoms with E-state index in [0.717, 1.165) is 11.1 Å². The van der Waals surface area contributed by atoms with Crippen LogP contribution in [0.2, 0.25) is 5.02 Å². The molecule has 0 aliphatic carbocycles. The minimum Gasteiger partial charge on any atom is -0.465 e. The second kappa shape index (κ2) is 9.01. The second-order valence-corrected chi connectivity index (χ2v) is 6.08. The Balaban J connectivity index is 1.89. The number of nitrogens with one attached hydrogen (secondary N) is 2. The van der Waals surface area contributed by atoms with Gasteiger partial charge in [0.25, 0.3) is 0 Å². The summed E-state index contributed by atoms with van der Waals surface area (Å²) in [6.45, 7) is 1.76. The summed E-state index contributed by atoms with van der Waals surface area (Å²) in [5.74, 6) is -1.26. The van der Waals surface area contributed by atoms with Crippen LogP contribution in [-0.2, 0) is 20.7 Å². The standard InChI is InChI=1S/C19H19ClN2O4/c1-12-3-5-13(6-4-12)9-17(23)21-11-18(24)22-16-10-14(19(25)26-2)7-8-15(16)20/h3-8,10H,9,11H2,1-2H3,(H,21,23)(H,22,24). The van der Waals surface area contributed by atoms with Gasteiger partial charge in [0.15, 0.2) is 0 Å². The molecule has 6 nitrogen and oxygen atoms in total. The highest BCUT2D eigenvalue weighted by Crippen LogP contribution is 2.23. The molecule has 2 aromatic carbocycles. The number of hydrogen-bond donors (Lipinski definition) is 2. The molecule has 2 aromatic rings. The van der Waals surface area contributed by atoms with Crippen LogP contribution in [0.15, 0.2) is 42.5 Å². The van der Waals surface area contributed by atoms with Crippen molar-refractivity contribution in [2.24, 2.45) is 0 Å². The minimum atomic E-state index is -0.538. The highest BCUT2D eigenvalue weighted by Gasteiger charge is 2.12. The molecule has 0 spiro atoms. The Morgan fingerprint density at radius 1 is 1.04 bits per heavy atom. The molecule has 7 heteroatoms. The number of hydrogen-bond acceptors (Lipinski definition) is 4. The number of carbonyl (C=O) groups excluding carboxylic acids is 3. The molecule has 0 fully saturated rings. The van der Waals surface area contributed by atoms with Gasteiger partial charge in [0, 0.05) is 0 Å². The lowest BCUT2D eigenvalue weighted by molar-refractivity contribution is -0.123. The molecule has 2 N–H and O–H groups in total. The number of amides is 2. The lowest BCUT2D eigenvalue weighted by atomic mass is 10.1. The topological polar surface area (TPSA) is 84.5 Å². The van der Waals surface area contributed by atoms with E-state index in [4.69, 9.17) is 11.6 Å². The number of ether oxygens (including phenoxy) is 1. The van der Waals surface area contributed by atoms with Crippen molar-refractivity contribution in [2.45, 2.75) is 13.3 Å². The highest BCUT2D eigenvalue weighted by molar-refractivity contribution is 6.33. The van der Waals surface area contributed by atoms with Gasteiger partial charge in [-0.2, -0.15) is 0 Å². The fourth-order valence-corrected chi connectivity index (χ4v) is 2.36. The number of carbonyl (C=O) groups is 3. The zero-order valence-corrected chi connectivity index (χ0v) is 15.2. The van der Waals surface area contributed by atoms with Gasteiger partial charge in [-0.3, -0.25) is 9.59 Å². The van der Waals surface area contributed by atoms with Gasteiger partial charge in [-0.05, 0) is 30.7 Å². The molecular weight excluding hydrogens is 356 g/mol. The molecule has 0 radical (unpaired) electrons. The predicted octanol–water partition coefficient (Wildman–Crippen LogP) is 2.73. The Kier molecular flexibility index (Phi) is 6.74. The molecule has 0 aliphatic heterocycles. The van der Waals surface area contributed by atoms with E-state index in [1.807, 2.05) is 31.2 Å². The third-order valence-electron chi connectivity index (χ3n) is 3.59. The third-order valence-corrected chi connectivity index (χ3v) is 3.92. The number of halogens is 1. The smallest absolute Gasteiger partial charge is 0.337 e. The Morgan fingerprint density at radius 2 is 1.73 bits per heavy atom. The normalized spacial score (nSPS) is 10.1. The second-order valence-electron chi connectivity index (χ2n) is 5.67. The van der Waals surface area contributed by atoms with E-state index < -0.39 is 11.9 Å². The molecule has 0 saturated carbocycles. The maximum Gasteiger partial charge on any atom is 0.337 e. The first-order chi connectivity index (χ1) is 12.4. The van der Waals surface area contributed by atoms with Gasteiger partial charge in [-0.15, -0.1) is 0 Å². The van der Waals surface area contributed by atoms with Gasteiger partial charge in [-0.25, -0.2) is 4.79 Å². The van der Waals surface area contributed by atoms with E-state index in [0.29, 0.717) is 0 Å². The van der Waals surface area contributed by atoms with E-state index in [1.54, 1.807) is 0 Å². The molecule has 0 saturated heterocycles. The summed E-state index contributed by atoms with van der Waals surface area (Å²) in [6.07, 6.45) is 0.187. The first-order valence-corrected chi connectivity index (χ1v) is 8.27. The molecule has 0 unspecified atom stereocenters. The quantitative estimate of drug-likeness (QED) is 0.761. The number of aryl methyl sites for hydroxylation is 1. The van der Waals surface area contributed by atoms with Gasteiger partial charge >= 0.3 is 5.97 Å². The van der Waals surface area contributed by atoms with E-state index in [-0.39, 0.29) is 35.1 Å². The average Bonchev–Trinajstić information content (AvgIpc) is 2.63. The van der Waals surface area contributed by atoms with Crippen LogP contribution in [0.1, 0.15) is 21.5 Å². The van der Waals surface area contributed by atoms with Gasteiger partial charge in [0.2, 0.25) is 11.8 Å². The lowest BCUT2D eigenvalue weighted by Crippen LogP contribution is -2.33. The minimum absolute atomic E-state index is 0.187. The van der Waals surface area contributed by atoms with Crippen molar-refractivity contribution in [2.75, 3.05) is 19.0 Å². The van der Waals surface area contributed by atoms with Crippen LogP contribution in [0.5, 0.6) is 0 Å². The summed E-state index contributed by atoms with van der Waals surface area (Å²) in [5.41, 5.74) is 2.50. The van der Waals surface area contributed by atoms with Crippen LogP contribution >= 0.6 is 11.6 Å². The fraction of sp³-hybridized carbons (Fsp3) is 0.211. The van der Waals surface area contributed by atoms with Crippen molar-refractivity contribution in [3.05, 3.63) is 64.2 Å². The highest BCUT2D eigenvalue weighted by atomic mass is 35.5. The third kappa shape index (κ3) is 5.60. The number of esters is 1. The Labute approximate surface area is 156 Å². The Bertz CT molecular complexity index is 819. The lowest BCUT2D eigenvalue weighted by Gasteiger charge is -2.10. The molecule has 136 valence electrons. The van der Waals surface area contributed by atoms with E-state index in [2.05, 4.69) is 15.4 Å². The van der Waals surface area contributed by atoms with Crippen molar-refractivity contribution in [1.82, 2.24) is 5.32 Å². The van der Waals surface area contributed by atoms with Crippen molar-refractivity contribution >= 4 is 35.1 Å². The van der Waals surface area contributed by atoms with Crippen molar-refractivity contribution in [3.63, 3.8) is 0 Å². The molecular formula is C19H19ClN2O4. The fourth-order valence-electron chi connectivity index (χ4n) is 2.19. The van der Waals surface area contributed by atoms with Crippen LogP contribution in [-0.4, -0.2) is 31.4 Å². The molecule has 0 bridgehead atoms. The van der Waals surface area contributed by atoms with Crippen LogP contribution in [0.4, 0.5) is 5.69 Å². The molecule has 0 aromatic heterocycles. The van der Waals surface area contributed by atoms with E-state index >= 15 is 0 Å². The summed E-state index contributed by atoms with van der Waals surface area (Å²) >= 11 is 6.02. The molecule has 26 heavy (non-hydrogen) atoms. The van der Waals surface area contributed by atoms with Crippen molar-refractivity contribution in [1.29, 1.82) is 0 Å². The van der Waals surface area contributed by atoms with Crippen LogP contribution < -0.4 is 10.6 Å². The van der Waals surface area contributed by atoms with Crippen molar-refractivity contribution < 1.29 is 19.1 Å². The maximum atomic E-state index is 12.0. The van der Waals surface area contributed by atoms with Gasteiger partial charge in [-0.1, -0.05) is 41.4 Å². The Morgan fingerprint density at radius 3 is 2.38 bits per heavy atom. The zero-order valence-electron chi connectivity index (χ0n) is 14.5. The molecule has 0 atom stereocenters. The summed E-state index contributed by atoms with van der Waals surface area (Å²) in [6, 6.07) is 12.0. The number of benzene rings is 2. The van der Waals surface area contributed by atoms with Crippen molar-refractivity contribution in [3.8, 4) is 0 Å². The first-order valence-electron chi connectivity index (χ1n) is 7.89. The first kappa shape index (κ1) is 19.5. The summed E-state index contributed by atoms with van der Waals surface area (Å²) in [4.78, 5) is 35.5. The summed E-state index contributed by atoms with van der Waals surface area (Å²) in [5, 5.41) is 5.39. The van der Waals surface area contributed by atoms with E-state index in [1.165, 1.54) is 25.3 Å². The monoisotopic (exact) mass is 374 g/mol. The molecule has 0 heterocycles. The van der Waals surface area contributed by atoms with Crippen LogP contribution in [0.25, 0.3) is 0 Å². The molecule has 0 aliphatic rings. The van der Waals surface area contributed by atoms with Crippen LogP contribution in [0.3, 0.4) is 0 Å². The molecule has 2 rings (SSSR count). The predicted molar refractivity (Wildman–Crippen MR) is 99.3 cm³/mol. The maximum absolute atomic E-state index is 12.0.